The van der Waals surface area contributed by atoms with Gasteiger partial charge >= 0.3 is 0 Å². The molecule has 7 heteroatoms. The molecule has 1 aromatic heterocycles. The van der Waals surface area contributed by atoms with E-state index in [9.17, 15) is 9.59 Å². The van der Waals surface area contributed by atoms with Gasteiger partial charge < -0.3 is 19.5 Å². The highest BCUT2D eigenvalue weighted by molar-refractivity contribution is 5.91. The smallest absolute Gasteiger partial charge is 0.228 e. The van der Waals surface area contributed by atoms with Gasteiger partial charge in [-0.2, -0.15) is 0 Å². The van der Waals surface area contributed by atoms with Crippen molar-refractivity contribution in [3.05, 3.63) is 41.2 Å². The summed E-state index contributed by atoms with van der Waals surface area (Å²) in [5, 5.41) is 6.57. The molecule has 27 heavy (non-hydrogen) atoms. The monoisotopic (exact) mass is 369 g/mol. The van der Waals surface area contributed by atoms with Gasteiger partial charge in [-0.25, -0.2) is 0 Å². The first kappa shape index (κ1) is 17.6. The van der Waals surface area contributed by atoms with E-state index in [2.05, 4.69) is 16.5 Å². The fourth-order valence-corrected chi connectivity index (χ4v) is 3.68. The third kappa shape index (κ3) is 3.97. The van der Waals surface area contributed by atoms with Crippen molar-refractivity contribution in [3.8, 4) is 5.75 Å². The van der Waals surface area contributed by atoms with E-state index in [1.54, 1.807) is 13.0 Å². The highest BCUT2D eigenvalue weighted by Gasteiger charge is 2.28. The van der Waals surface area contributed by atoms with Crippen molar-refractivity contribution >= 4 is 17.6 Å². The first-order chi connectivity index (χ1) is 13.1. The predicted octanol–water partition coefficient (Wildman–Crippen LogP) is 2.34. The molecule has 0 aliphatic carbocycles. The number of amides is 2. The quantitative estimate of drug-likeness (QED) is 0.894. The zero-order valence-electron chi connectivity index (χ0n) is 15.4. The molecule has 1 fully saturated rings. The van der Waals surface area contributed by atoms with Gasteiger partial charge in [0, 0.05) is 31.5 Å². The van der Waals surface area contributed by atoms with Crippen molar-refractivity contribution < 1.29 is 18.8 Å². The van der Waals surface area contributed by atoms with Crippen LogP contribution in [0.5, 0.6) is 5.75 Å². The van der Waals surface area contributed by atoms with Gasteiger partial charge in [0.2, 0.25) is 11.8 Å². The van der Waals surface area contributed by atoms with E-state index < -0.39 is 0 Å². The van der Waals surface area contributed by atoms with Crippen molar-refractivity contribution in [2.45, 2.75) is 32.6 Å². The number of anilines is 1. The highest BCUT2D eigenvalue weighted by atomic mass is 16.5. The number of nitrogens with zero attached hydrogens (tertiary/aromatic N) is 2. The number of carbonyl (C=O) groups is 2. The molecule has 3 heterocycles. The second kappa shape index (κ2) is 7.42. The van der Waals surface area contributed by atoms with E-state index in [0.717, 1.165) is 24.3 Å². The van der Waals surface area contributed by atoms with Crippen LogP contribution in [0.3, 0.4) is 0 Å². The Bertz CT molecular complexity index is 853. The number of likely N-dealkylation sites (tertiary alicyclic amines) is 1. The van der Waals surface area contributed by atoms with E-state index in [0.29, 0.717) is 43.9 Å². The van der Waals surface area contributed by atoms with E-state index in [1.807, 2.05) is 17.0 Å². The molecule has 1 saturated heterocycles. The summed E-state index contributed by atoms with van der Waals surface area (Å²) in [6.07, 6.45) is 2.62. The van der Waals surface area contributed by atoms with Crippen molar-refractivity contribution in [2.75, 3.05) is 25.0 Å². The second-order valence-electron chi connectivity index (χ2n) is 7.18. The molecule has 0 bridgehead atoms. The van der Waals surface area contributed by atoms with E-state index in [4.69, 9.17) is 9.26 Å². The summed E-state index contributed by atoms with van der Waals surface area (Å²) >= 11 is 0. The lowest BCUT2D eigenvalue weighted by Crippen LogP contribution is -2.42. The molecule has 2 aliphatic rings. The lowest BCUT2D eigenvalue weighted by Gasteiger charge is -2.31. The van der Waals surface area contributed by atoms with Gasteiger partial charge in [-0.05, 0) is 37.0 Å². The molecule has 0 atom stereocenters. The predicted molar refractivity (Wildman–Crippen MR) is 98.5 cm³/mol. The average Bonchev–Trinajstić information content (AvgIpc) is 3.30. The molecule has 2 aliphatic heterocycles. The fourth-order valence-electron chi connectivity index (χ4n) is 3.68. The Morgan fingerprint density at radius 1 is 1.26 bits per heavy atom. The maximum Gasteiger partial charge on any atom is 0.228 e. The van der Waals surface area contributed by atoms with Crippen LogP contribution in [0, 0.1) is 12.8 Å². The maximum absolute atomic E-state index is 12.6. The van der Waals surface area contributed by atoms with Crippen LogP contribution in [-0.4, -0.2) is 41.6 Å². The number of carbonyl (C=O) groups excluding carboxylic acids is 2. The Morgan fingerprint density at radius 3 is 2.81 bits per heavy atom. The Balaban J connectivity index is 1.28. The first-order valence-corrected chi connectivity index (χ1v) is 9.35. The molecule has 0 unspecified atom stereocenters. The number of piperidine rings is 1. The largest absolute Gasteiger partial charge is 0.493 e. The number of nitrogens with one attached hydrogen (secondary N) is 1. The standard InChI is InChI=1S/C20H23N3O4/c1-13-10-18(22-27-13)21-20(25)15-4-7-23(8-5-15)19(24)12-14-2-3-17-16(11-14)6-9-26-17/h2-3,10-11,15H,4-9,12H2,1H3,(H,21,22,25). The van der Waals surface area contributed by atoms with Gasteiger partial charge in [0.1, 0.15) is 11.5 Å². The van der Waals surface area contributed by atoms with Gasteiger partial charge in [-0.3, -0.25) is 9.59 Å². The summed E-state index contributed by atoms with van der Waals surface area (Å²) in [5.74, 6) is 1.97. The number of hydrogen-bond acceptors (Lipinski definition) is 5. The van der Waals surface area contributed by atoms with Crippen molar-refractivity contribution in [1.82, 2.24) is 10.1 Å². The van der Waals surface area contributed by atoms with Gasteiger partial charge in [-0.15, -0.1) is 0 Å². The third-order valence-electron chi connectivity index (χ3n) is 5.21. The van der Waals surface area contributed by atoms with E-state index in [-0.39, 0.29) is 17.7 Å². The summed E-state index contributed by atoms with van der Waals surface area (Å²) in [6, 6.07) is 7.67. The van der Waals surface area contributed by atoms with Crippen LogP contribution in [-0.2, 0) is 22.4 Å². The SMILES string of the molecule is Cc1cc(NC(=O)C2CCN(C(=O)Cc3ccc4c(c3)CCO4)CC2)no1. The molecular formula is C20H23N3O4. The van der Waals surface area contributed by atoms with Crippen LogP contribution in [0.2, 0.25) is 0 Å². The number of fused-ring (bicyclic) bond motifs is 1. The zero-order chi connectivity index (χ0) is 18.8. The van der Waals surface area contributed by atoms with Crippen molar-refractivity contribution in [3.63, 3.8) is 0 Å². The summed E-state index contributed by atoms with van der Waals surface area (Å²) in [7, 11) is 0. The lowest BCUT2D eigenvalue weighted by atomic mass is 9.95. The van der Waals surface area contributed by atoms with E-state index >= 15 is 0 Å². The van der Waals surface area contributed by atoms with Gasteiger partial charge in [0.05, 0.1) is 13.0 Å². The van der Waals surface area contributed by atoms with Crippen LogP contribution >= 0.6 is 0 Å². The number of aryl methyl sites for hydroxylation is 1. The molecule has 4 rings (SSSR count). The molecule has 1 aromatic carbocycles. The van der Waals surface area contributed by atoms with Gasteiger partial charge in [0.15, 0.2) is 5.82 Å². The normalized spacial score (nSPS) is 16.7. The van der Waals surface area contributed by atoms with Crippen molar-refractivity contribution in [2.24, 2.45) is 5.92 Å². The first-order valence-electron chi connectivity index (χ1n) is 9.35. The average molecular weight is 369 g/mol. The van der Waals surface area contributed by atoms with E-state index in [1.165, 1.54) is 5.56 Å². The lowest BCUT2D eigenvalue weighted by molar-refractivity contribution is -0.133. The molecule has 2 aromatic rings. The van der Waals surface area contributed by atoms with Crippen LogP contribution in [0.1, 0.15) is 29.7 Å². The summed E-state index contributed by atoms with van der Waals surface area (Å²) in [4.78, 5) is 26.8. The molecular weight excluding hydrogens is 346 g/mol. The topological polar surface area (TPSA) is 84.7 Å². The third-order valence-corrected chi connectivity index (χ3v) is 5.21. The molecule has 1 N–H and O–H groups in total. The van der Waals surface area contributed by atoms with Crippen LogP contribution < -0.4 is 10.1 Å². The second-order valence-corrected chi connectivity index (χ2v) is 7.18. The molecule has 0 radical (unpaired) electrons. The van der Waals surface area contributed by atoms with Crippen LogP contribution in [0.25, 0.3) is 0 Å². The number of hydrogen-bond donors (Lipinski definition) is 1. The van der Waals surface area contributed by atoms with Crippen molar-refractivity contribution in [1.29, 1.82) is 0 Å². The van der Waals surface area contributed by atoms with Gasteiger partial charge in [0.25, 0.3) is 0 Å². The number of benzene rings is 1. The number of aromatic nitrogens is 1. The fraction of sp³-hybridized carbons (Fsp3) is 0.450. The van der Waals surface area contributed by atoms with Crippen LogP contribution in [0.15, 0.2) is 28.8 Å². The molecule has 142 valence electrons. The minimum Gasteiger partial charge on any atom is -0.493 e. The minimum absolute atomic E-state index is 0.0611. The molecule has 7 nitrogen and oxygen atoms in total. The highest BCUT2D eigenvalue weighted by Crippen LogP contribution is 2.26. The Labute approximate surface area is 157 Å². The molecule has 0 spiro atoms. The number of ether oxygens (including phenoxy) is 1. The Hall–Kier alpha value is -2.83. The minimum atomic E-state index is -0.108. The summed E-state index contributed by atoms with van der Waals surface area (Å²) < 4.78 is 10.5. The molecule has 0 saturated carbocycles. The summed E-state index contributed by atoms with van der Waals surface area (Å²) in [6.45, 7) is 3.70. The Kier molecular flexibility index (Phi) is 4.83. The zero-order valence-corrected chi connectivity index (χ0v) is 15.4. The molecule has 2 amide bonds. The summed E-state index contributed by atoms with van der Waals surface area (Å²) in [5.41, 5.74) is 2.20. The van der Waals surface area contributed by atoms with Gasteiger partial charge in [-0.1, -0.05) is 17.3 Å². The number of rotatable bonds is 4. The Morgan fingerprint density at radius 2 is 2.07 bits per heavy atom. The van der Waals surface area contributed by atoms with Crippen LogP contribution in [0.4, 0.5) is 5.82 Å². The maximum atomic E-state index is 12.6.